The van der Waals surface area contributed by atoms with Crippen LogP contribution in [0.15, 0.2) is 47.4 Å². The fourth-order valence-electron chi connectivity index (χ4n) is 5.33. The molecule has 3 aliphatic heterocycles. The van der Waals surface area contributed by atoms with Crippen molar-refractivity contribution in [3.63, 3.8) is 0 Å². The van der Waals surface area contributed by atoms with E-state index in [-0.39, 0.29) is 5.91 Å². The third kappa shape index (κ3) is 2.59. The van der Waals surface area contributed by atoms with Crippen molar-refractivity contribution in [3.05, 3.63) is 52.5 Å². The zero-order chi connectivity index (χ0) is 17.8. The lowest BCUT2D eigenvalue weighted by molar-refractivity contribution is -0.112. The van der Waals surface area contributed by atoms with Crippen LogP contribution in [0.3, 0.4) is 0 Å². The lowest BCUT2D eigenvalue weighted by Crippen LogP contribution is -2.55. The zero-order valence-corrected chi connectivity index (χ0v) is 15.3. The molecule has 26 heavy (non-hydrogen) atoms. The summed E-state index contributed by atoms with van der Waals surface area (Å²) in [4.78, 5) is 15.5. The molecule has 2 aromatic carbocycles. The van der Waals surface area contributed by atoms with E-state index in [0.717, 1.165) is 35.5 Å². The predicted octanol–water partition coefficient (Wildman–Crippen LogP) is 3.83. The molecule has 4 bridgehead atoms. The molecule has 6 rings (SSSR count). The molecular formula is C21H20BClN2O. The highest BCUT2D eigenvalue weighted by Crippen LogP contribution is 2.47. The maximum atomic E-state index is 12.9. The monoisotopic (exact) mass is 362 g/mol. The number of nitrogens with zero attached hydrogens (tertiary/aromatic N) is 1. The summed E-state index contributed by atoms with van der Waals surface area (Å²) in [5.74, 6) is 1.50. The number of hydrogen-bond donors (Lipinski definition) is 1. The number of anilines is 1. The van der Waals surface area contributed by atoms with Gasteiger partial charge in [0.15, 0.2) is 0 Å². The molecule has 2 radical (unpaired) electrons. The molecule has 0 aromatic heterocycles. The molecule has 4 fully saturated rings. The van der Waals surface area contributed by atoms with Gasteiger partial charge in [-0.05, 0) is 48.2 Å². The lowest BCUT2D eigenvalue weighted by Gasteiger charge is -2.53. The minimum atomic E-state index is -0.185. The van der Waals surface area contributed by atoms with Gasteiger partial charge in [-0.25, -0.2) is 0 Å². The van der Waals surface area contributed by atoms with E-state index in [0.29, 0.717) is 22.3 Å². The molecule has 1 N–H and O–H groups in total. The number of carbonyl (C=O) groups excluding carboxylic acids is 1. The molecule has 3 saturated heterocycles. The Morgan fingerprint density at radius 1 is 1.04 bits per heavy atom. The zero-order valence-electron chi connectivity index (χ0n) is 14.5. The molecule has 2 atom stereocenters. The summed E-state index contributed by atoms with van der Waals surface area (Å²) in [6.45, 7) is 3.34. The lowest BCUT2D eigenvalue weighted by atomic mass is 9.62. The second-order valence-corrected chi connectivity index (χ2v) is 8.32. The van der Waals surface area contributed by atoms with E-state index in [9.17, 15) is 4.79 Å². The van der Waals surface area contributed by atoms with Crippen LogP contribution in [-0.4, -0.2) is 38.3 Å². The molecule has 5 heteroatoms. The van der Waals surface area contributed by atoms with E-state index in [2.05, 4.69) is 10.2 Å². The molecule has 3 heterocycles. The third-order valence-corrected chi connectivity index (χ3v) is 6.59. The number of fused-ring (bicyclic) bond motifs is 1. The first-order chi connectivity index (χ1) is 12.6. The number of rotatable bonds is 2. The van der Waals surface area contributed by atoms with Crippen LogP contribution in [0.1, 0.15) is 12.8 Å². The first-order valence-corrected chi connectivity index (χ1v) is 9.68. The number of benzene rings is 2. The number of piperidine rings is 3. The molecule has 2 unspecified atom stereocenters. The van der Waals surface area contributed by atoms with E-state index >= 15 is 0 Å². The Bertz CT molecular complexity index is 909. The van der Waals surface area contributed by atoms with Crippen molar-refractivity contribution in [2.24, 2.45) is 17.8 Å². The summed E-state index contributed by atoms with van der Waals surface area (Å²) in [7, 11) is 6.39. The number of nitrogens with one attached hydrogen (secondary N) is 1. The molecular weight excluding hydrogens is 343 g/mol. The highest BCUT2D eigenvalue weighted by atomic mass is 35.5. The van der Waals surface area contributed by atoms with Gasteiger partial charge in [0.05, 0.1) is 0 Å². The van der Waals surface area contributed by atoms with E-state index in [1.807, 2.05) is 36.4 Å². The fraction of sp³-hybridized carbons (Fsp3) is 0.381. The van der Waals surface area contributed by atoms with Crippen LogP contribution in [0.5, 0.6) is 0 Å². The van der Waals surface area contributed by atoms with Crippen molar-refractivity contribution in [3.8, 4) is 0 Å². The highest BCUT2D eigenvalue weighted by molar-refractivity contribution is 6.40. The van der Waals surface area contributed by atoms with Crippen LogP contribution in [0.2, 0.25) is 5.02 Å². The SMILES string of the molecule is [B]C(C(=O)Nc1ccc(Cl)c2ccccc12)=C1C2CC3CC1CN(C3)C2. The Labute approximate surface area is 159 Å². The summed E-state index contributed by atoms with van der Waals surface area (Å²) >= 11 is 6.28. The van der Waals surface area contributed by atoms with Crippen LogP contribution in [0, 0.1) is 17.8 Å². The van der Waals surface area contributed by atoms with Gasteiger partial charge in [-0.1, -0.05) is 41.4 Å². The van der Waals surface area contributed by atoms with Crippen molar-refractivity contribution in [2.45, 2.75) is 12.8 Å². The van der Waals surface area contributed by atoms with Gasteiger partial charge in [-0.15, -0.1) is 0 Å². The van der Waals surface area contributed by atoms with Crippen LogP contribution in [-0.2, 0) is 4.79 Å². The van der Waals surface area contributed by atoms with E-state index in [1.165, 1.54) is 25.0 Å². The highest BCUT2D eigenvalue weighted by Gasteiger charge is 2.45. The van der Waals surface area contributed by atoms with Crippen molar-refractivity contribution in [2.75, 3.05) is 25.0 Å². The summed E-state index contributed by atoms with van der Waals surface area (Å²) in [5, 5.41) is 5.57. The Morgan fingerprint density at radius 2 is 1.73 bits per heavy atom. The summed E-state index contributed by atoms with van der Waals surface area (Å²) in [6, 6.07) is 11.5. The normalized spacial score (nSPS) is 29.2. The smallest absolute Gasteiger partial charge is 0.241 e. The van der Waals surface area contributed by atoms with Crippen molar-refractivity contribution < 1.29 is 4.79 Å². The quantitative estimate of drug-likeness (QED) is 0.650. The summed E-state index contributed by atoms with van der Waals surface area (Å²) in [6.07, 6.45) is 2.36. The van der Waals surface area contributed by atoms with Crippen LogP contribution < -0.4 is 5.32 Å². The van der Waals surface area contributed by atoms with Gasteiger partial charge < -0.3 is 10.2 Å². The Balaban J connectivity index is 1.47. The van der Waals surface area contributed by atoms with Crippen LogP contribution in [0.25, 0.3) is 10.8 Å². The molecule has 130 valence electrons. The molecule has 0 spiro atoms. The van der Waals surface area contributed by atoms with Gasteiger partial charge in [-0.2, -0.15) is 0 Å². The number of carbonyl (C=O) groups is 1. The summed E-state index contributed by atoms with van der Waals surface area (Å²) < 4.78 is 0. The van der Waals surface area contributed by atoms with Gasteiger partial charge in [-0.3, -0.25) is 4.79 Å². The number of amides is 1. The Kier molecular flexibility index (Phi) is 3.87. The first kappa shape index (κ1) is 16.4. The van der Waals surface area contributed by atoms with Gasteiger partial charge >= 0.3 is 0 Å². The van der Waals surface area contributed by atoms with Gasteiger partial charge in [0.1, 0.15) is 7.85 Å². The second kappa shape index (κ2) is 6.14. The molecule has 1 amide bonds. The average Bonchev–Trinajstić information content (AvgIpc) is 2.63. The van der Waals surface area contributed by atoms with Crippen molar-refractivity contribution in [1.29, 1.82) is 0 Å². The van der Waals surface area contributed by atoms with Gasteiger partial charge in [0.25, 0.3) is 0 Å². The molecule has 1 aliphatic carbocycles. The van der Waals surface area contributed by atoms with Crippen molar-refractivity contribution >= 4 is 41.8 Å². The third-order valence-electron chi connectivity index (χ3n) is 6.26. The molecule has 2 aromatic rings. The number of hydrogen-bond acceptors (Lipinski definition) is 2. The van der Waals surface area contributed by atoms with E-state index < -0.39 is 0 Å². The minimum Gasteiger partial charge on any atom is -0.322 e. The summed E-state index contributed by atoms with van der Waals surface area (Å²) in [5.41, 5.74) is 2.39. The average molecular weight is 363 g/mol. The fourth-order valence-corrected chi connectivity index (χ4v) is 5.55. The van der Waals surface area contributed by atoms with E-state index in [4.69, 9.17) is 19.4 Å². The maximum absolute atomic E-state index is 12.9. The number of halogens is 1. The van der Waals surface area contributed by atoms with Gasteiger partial charge in [0.2, 0.25) is 5.91 Å². The molecule has 3 nitrogen and oxygen atoms in total. The Hall–Kier alpha value is -1.78. The minimum absolute atomic E-state index is 0.185. The van der Waals surface area contributed by atoms with Crippen LogP contribution in [0.4, 0.5) is 5.69 Å². The molecule has 4 aliphatic rings. The van der Waals surface area contributed by atoms with Crippen LogP contribution >= 0.6 is 11.6 Å². The van der Waals surface area contributed by atoms with Crippen molar-refractivity contribution in [1.82, 2.24) is 4.90 Å². The predicted molar refractivity (Wildman–Crippen MR) is 107 cm³/mol. The Morgan fingerprint density at radius 3 is 2.42 bits per heavy atom. The maximum Gasteiger partial charge on any atom is 0.241 e. The standard InChI is InChI=1S/C21H20BClN2O/c22-20(19-13-7-12-8-14(19)11-25(9-12)10-13)21(26)24-18-6-5-17(23)15-3-1-2-4-16(15)18/h1-6,12-14H,7-11H2,(H,24,26). The topological polar surface area (TPSA) is 32.3 Å². The second-order valence-electron chi connectivity index (χ2n) is 7.91. The largest absolute Gasteiger partial charge is 0.322 e. The first-order valence-electron chi connectivity index (χ1n) is 9.30. The molecule has 1 saturated carbocycles. The van der Waals surface area contributed by atoms with Gasteiger partial charge in [0, 0.05) is 41.1 Å². The van der Waals surface area contributed by atoms with E-state index in [1.54, 1.807) is 0 Å².